The number of nitrogens with zero attached hydrogens (tertiary/aromatic N) is 2. The maximum absolute atomic E-state index is 12.7. The molecule has 1 aliphatic rings. The second kappa shape index (κ2) is 7.57. The van der Waals surface area contributed by atoms with Gasteiger partial charge < -0.3 is 10.0 Å². The maximum Gasteiger partial charge on any atom is 0.303 e. The van der Waals surface area contributed by atoms with Gasteiger partial charge in [-0.1, -0.05) is 30.3 Å². The Balaban J connectivity index is 1.66. The number of hydrogen-bond acceptors (Lipinski definition) is 4. The standard InChI is InChI=1S/C18H20N2O3S/c21-16(22)9-8-13-5-4-10-20(12-13)18(23)15-11-19-17(24-15)14-6-2-1-3-7-14/h1-3,6-7,11,13H,4-5,8-10,12H2,(H,21,22). The summed E-state index contributed by atoms with van der Waals surface area (Å²) in [6, 6.07) is 9.83. The SMILES string of the molecule is O=C(O)CCC1CCCN(C(=O)c2cnc(-c3ccccc3)s2)C1. The van der Waals surface area contributed by atoms with Crippen LogP contribution in [-0.2, 0) is 4.79 Å². The highest BCUT2D eigenvalue weighted by atomic mass is 32.1. The normalized spacial score (nSPS) is 17.7. The lowest BCUT2D eigenvalue weighted by molar-refractivity contribution is -0.137. The van der Waals surface area contributed by atoms with Crippen molar-refractivity contribution >= 4 is 23.2 Å². The summed E-state index contributed by atoms with van der Waals surface area (Å²) >= 11 is 1.41. The highest BCUT2D eigenvalue weighted by molar-refractivity contribution is 7.16. The molecule has 1 aromatic heterocycles. The Bertz CT molecular complexity index is 714. The number of carbonyl (C=O) groups is 2. The van der Waals surface area contributed by atoms with Crippen LogP contribution in [0.15, 0.2) is 36.5 Å². The van der Waals surface area contributed by atoms with Gasteiger partial charge in [0.25, 0.3) is 5.91 Å². The molecule has 1 unspecified atom stereocenters. The number of aliphatic carboxylic acids is 1. The lowest BCUT2D eigenvalue weighted by Gasteiger charge is -2.32. The highest BCUT2D eigenvalue weighted by Gasteiger charge is 2.26. The van der Waals surface area contributed by atoms with Gasteiger partial charge in [-0.15, -0.1) is 11.3 Å². The molecule has 0 aliphatic carbocycles. The smallest absolute Gasteiger partial charge is 0.303 e. The second-order valence-electron chi connectivity index (χ2n) is 6.09. The predicted octanol–water partition coefficient (Wildman–Crippen LogP) is 3.53. The van der Waals surface area contributed by atoms with Gasteiger partial charge in [0.15, 0.2) is 0 Å². The number of carboxylic acids is 1. The van der Waals surface area contributed by atoms with E-state index < -0.39 is 5.97 Å². The molecule has 24 heavy (non-hydrogen) atoms. The fourth-order valence-corrected chi connectivity index (χ4v) is 3.95. The molecule has 1 amide bonds. The zero-order valence-electron chi connectivity index (χ0n) is 13.4. The molecular weight excluding hydrogens is 324 g/mol. The molecular formula is C18H20N2O3S. The molecule has 5 nitrogen and oxygen atoms in total. The third-order valence-corrected chi connectivity index (χ3v) is 5.34. The van der Waals surface area contributed by atoms with Gasteiger partial charge in [-0.25, -0.2) is 4.98 Å². The molecule has 1 N–H and O–H groups in total. The van der Waals surface area contributed by atoms with Crippen LogP contribution in [0.4, 0.5) is 0 Å². The summed E-state index contributed by atoms with van der Waals surface area (Å²) in [7, 11) is 0. The lowest BCUT2D eigenvalue weighted by Crippen LogP contribution is -2.39. The molecule has 126 valence electrons. The molecule has 1 aliphatic heterocycles. The van der Waals surface area contributed by atoms with E-state index in [4.69, 9.17) is 5.11 Å². The zero-order valence-corrected chi connectivity index (χ0v) is 14.2. The first-order valence-corrected chi connectivity index (χ1v) is 8.97. The average Bonchev–Trinajstić information content (AvgIpc) is 3.10. The zero-order chi connectivity index (χ0) is 16.9. The van der Waals surface area contributed by atoms with Gasteiger partial charge in [-0.2, -0.15) is 0 Å². The van der Waals surface area contributed by atoms with Crippen LogP contribution >= 0.6 is 11.3 Å². The van der Waals surface area contributed by atoms with Crippen LogP contribution in [0.25, 0.3) is 10.6 Å². The van der Waals surface area contributed by atoms with Crippen LogP contribution in [0.2, 0.25) is 0 Å². The number of carboxylic acid groups (broad SMARTS) is 1. The molecule has 1 atom stereocenters. The molecule has 3 rings (SSSR count). The minimum absolute atomic E-state index is 0.00899. The molecule has 1 saturated heterocycles. The van der Waals surface area contributed by atoms with Gasteiger partial charge in [0.2, 0.25) is 0 Å². The summed E-state index contributed by atoms with van der Waals surface area (Å²) in [6.07, 6.45) is 4.38. The third-order valence-electron chi connectivity index (χ3n) is 4.31. The Morgan fingerprint density at radius 2 is 2.08 bits per heavy atom. The van der Waals surface area contributed by atoms with Gasteiger partial charge in [0.1, 0.15) is 9.88 Å². The largest absolute Gasteiger partial charge is 0.481 e. The first-order chi connectivity index (χ1) is 11.6. The third kappa shape index (κ3) is 4.00. The molecule has 0 saturated carbocycles. The minimum atomic E-state index is -0.770. The summed E-state index contributed by atoms with van der Waals surface area (Å²) in [4.78, 5) is 30.3. The van der Waals surface area contributed by atoms with Crippen LogP contribution in [0.1, 0.15) is 35.4 Å². The molecule has 1 fully saturated rings. The monoisotopic (exact) mass is 344 g/mol. The highest BCUT2D eigenvalue weighted by Crippen LogP contribution is 2.28. The molecule has 2 heterocycles. The van der Waals surface area contributed by atoms with E-state index in [9.17, 15) is 9.59 Å². The van der Waals surface area contributed by atoms with E-state index in [0.717, 1.165) is 30.0 Å². The number of benzene rings is 1. The van der Waals surface area contributed by atoms with Gasteiger partial charge in [0.05, 0.1) is 6.20 Å². The van der Waals surface area contributed by atoms with Crippen molar-refractivity contribution < 1.29 is 14.7 Å². The average molecular weight is 344 g/mol. The van der Waals surface area contributed by atoms with Crippen LogP contribution in [0.5, 0.6) is 0 Å². The van der Waals surface area contributed by atoms with Gasteiger partial charge in [0, 0.05) is 25.1 Å². The van der Waals surface area contributed by atoms with Crippen molar-refractivity contribution in [2.75, 3.05) is 13.1 Å². The first-order valence-electron chi connectivity index (χ1n) is 8.16. The fraction of sp³-hybridized carbons (Fsp3) is 0.389. The number of hydrogen-bond donors (Lipinski definition) is 1. The Hall–Kier alpha value is -2.21. The summed E-state index contributed by atoms with van der Waals surface area (Å²) < 4.78 is 0. The summed E-state index contributed by atoms with van der Waals surface area (Å²) in [5.74, 6) is -0.483. The lowest BCUT2D eigenvalue weighted by atomic mass is 9.93. The van der Waals surface area contributed by atoms with E-state index in [-0.39, 0.29) is 18.2 Å². The van der Waals surface area contributed by atoms with Gasteiger partial charge >= 0.3 is 5.97 Å². The maximum atomic E-state index is 12.7. The van der Waals surface area contributed by atoms with Crippen LogP contribution in [0, 0.1) is 5.92 Å². The van der Waals surface area contributed by atoms with E-state index >= 15 is 0 Å². The Morgan fingerprint density at radius 3 is 2.83 bits per heavy atom. The molecule has 0 bridgehead atoms. The Morgan fingerprint density at radius 1 is 1.29 bits per heavy atom. The minimum Gasteiger partial charge on any atom is -0.481 e. The Labute approximate surface area is 145 Å². The molecule has 1 aromatic carbocycles. The van der Waals surface area contributed by atoms with Gasteiger partial charge in [-0.05, 0) is 25.2 Å². The van der Waals surface area contributed by atoms with E-state index in [2.05, 4.69) is 4.98 Å². The van der Waals surface area contributed by atoms with Crippen molar-refractivity contribution in [3.8, 4) is 10.6 Å². The van der Waals surface area contributed by atoms with Gasteiger partial charge in [-0.3, -0.25) is 9.59 Å². The second-order valence-corrected chi connectivity index (χ2v) is 7.12. The molecule has 2 aromatic rings. The summed E-state index contributed by atoms with van der Waals surface area (Å²) in [5, 5.41) is 9.67. The van der Waals surface area contributed by atoms with Crippen molar-refractivity contribution in [3.63, 3.8) is 0 Å². The molecule has 0 spiro atoms. The summed E-state index contributed by atoms with van der Waals surface area (Å²) in [5.41, 5.74) is 1.01. The van der Waals surface area contributed by atoms with E-state index in [0.29, 0.717) is 17.8 Å². The predicted molar refractivity (Wildman–Crippen MR) is 93.0 cm³/mol. The quantitative estimate of drug-likeness (QED) is 0.901. The van der Waals surface area contributed by atoms with E-state index in [1.165, 1.54) is 11.3 Å². The number of likely N-dealkylation sites (tertiary alicyclic amines) is 1. The topological polar surface area (TPSA) is 70.5 Å². The van der Waals surface area contributed by atoms with Crippen molar-refractivity contribution in [3.05, 3.63) is 41.4 Å². The van der Waals surface area contributed by atoms with Crippen molar-refractivity contribution in [2.45, 2.75) is 25.7 Å². The number of piperidine rings is 1. The number of aromatic nitrogens is 1. The van der Waals surface area contributed by atoms with Crippen LogP contribution < -0.4 is 0 Å². The molecule has 0 radical (unpaired) electrons. The number of thiazole rings is 1. The summed E-state index contributed by atoms with van der Waals surface area (Å²) in [6.45, 7) is 1.38. The number of amides is 1. The van der Waals surface area contributed by atoms with Crippen LogP contribution in [-0.4, -0.2) is 40.0 Å². The Kier molecular flexibility index (Phi) is 5.25. The number of rotatable bonds is 5. The van der Waals surface area contributed by atoms with Crippen molar-refractivity contribution in [1.82, 2.24) is 9.88 Å². The van der Waals surface area contributed by atoms with Crippen molar-refractivity contribution in [2.24, 2.45) is 5.92 Å². The first kappa shape index (κ1) is 16.6. The number of carbonyl (C=O) groups excluding carboxylic acids is 1. The fourth-order valence-electron chi connectivity index (χ4n) is 3.06. The van der Waals surface area contributed by atoms with E-state index in [1.54, 1.807) is 6.20 Å². The molecule has 6 heteroatoms. The van der Waals surface area contributed by atoms with Crippen LogP contribution in [0.3, 0.4) is 0 Å². The van der Waals surface area contributed by atoms with Crippen molar-refractivity contribution in [1.29, 1.82) is 0 Å². The van der Waals surface area contributed by atoms with E-state index in [1.807, 2.05) is 35.2 Å².